The summed E-state index contributed by atoms with van der Waals surface area (Å²) in [6.07, 6.45) is 1.55. The number of hydrogen-bond acceptors (Lipinski definition) is 5. The molecule has 0 aliphatic heterocycles. The van der Waals surface area contributed by atoms with E-state index in [2.05, 4.69) is 15.7 Å². The maximum Gasteiger partial charge on any atom is 0.255 e. The number of nitrogens with two attached hydrogens (primary N) is 1. The van der Waals surface area contributed by atoms with Gasteiger partial charge in [-0.1, -0.05) is 0 Å². The Bertz CT molecular complexity index is 567. The van der Waals surface area contributed by atoms with Crippen LogP contribution in [-0.2, 0) is 0 Å². The minimum Gasteiger partial charge on any atom is -0.478 e. The third kappa shape index (κ3) is 3.46. The molecule has 0 spiro atoms. The molecule has 0 fully saturated rings. The van der Waals surface area contributed by atoms with Gasteiger partial charge in [0, 0.05) is 17.3 Å². The quantitative estimate of drug-likeness (QED) is 0.572. The highest BCUT2D eigenvalue weighted by Gasteiger charge is 2.06. The van der Waals surface area contributed by atoms with Crippen molar-refractivity contribution in [1.29, 1.82) is 0 Å². The summed E-state index contributed by atoms with van der Waals surface area (Å²) in [6, 6.07) is 10.3. The Balaban J connectivity index is 2.02. The Morgan fingerprint density at radius 3 is 2.45 bits per heavy atom. The van der Waals surface area contributed by atoms with Gasteiger partial charge in [0.25, 0.3) is 5.91 Å². The number of aromatic nitrogens is 1. The number of amides is 1. The maximum absolute atomic E-state index is 12.0. The van der Waals surface area contributed by atoms with E-state index in [-0.39, 0.29) is 5.91 Å². The third-order valence-corrected chi connectivity index (χ3v) is 2.60. The van der Waals surface area contributed by atoms with Crippen LogP contribution in [0.5, 0.6) is 5.88 Å². The molecule has 0 bridgehead atoms. The number of pyridine rings is 1. The predicted molar refractivity (Wildman–Crippen MR) is 77.6 cm³/mol. The fraction of sp³-hybridized carbons (Fsp3) is 0.143. The van der Waals surface area contributed by atoms with Gasteiger partial charge in [-0.2, -0.15) is 0 Å². The second kappa shape index (κ2) is 6.53. The van der Waals surface area contributed by atoms with Gasteiger partial charge >= 0.3 is 0 Å². The van der Waals surface area contributed by atoms with Crippen LogP contribution >= 0.6 is 0 Å². The molecule has 0 aliphatic carbocycles. The molecule has 20 heavy (non-hydrogen) atoms. The monoisotopic (exact) mass is 272 g/mol. The SMILES string of the molecule is CCOc1ccc(NC(=O)c2ccc(NN)cc2)cn1. The first kappa shape index (κ1) is 13.8. The van der Waals surface area contributed by atoms with Gasteiger partial charge in [0.2, 0.25) is 5.88 Å². The van der Waals surface area contributed by atoms with Crippen LogP contribution in [0.25, 0.3) is 0 Å². The number of nitrogen functional groups attached to an aromatic ring is 1. The molecule has 0 saturated carbocycles. The predicted octanol–water partition coefficient (Wildman–Crippen LogP) is 2.02. The van der Waals surface area contributed by atoms with Crippen molar-refractivity contribution in [2.24, 2.45) is 5.84 Å². The molecule has 0 atom stereocenters. The summed E-state index contributed by atoms with van der Waals surface area (Å²) >= 11 is 0. The first-order chi connectivity index (χ1) is 9.72. The number of rotatable bonds is 5. The van der Waals surface area contributed by atoms with Gasteiger partial charge in [0.1, 0.15) is 0 Å². The third-order valence-electron chi connectivity index (χ3n) is 2.60. The number of anilines is 2. The topological polar surface area (TPSA) is 89.3 Å². The highest BCUT2D eigenvalue weighted by Crippen LogP contribution is 2.14. The van der Waals surface area contributed by atoms with Crippen LogP contribution in [-0.4, -0.2) is 17.5 Å². The number of hydrazine groups is 1. The van der Waals surface area contributed by atoms with Crippen molar-refractivity contribution in [3.05, 3.63) is 48.2 Å². The second-order valence-corrected chi connectivity index (χ2v) is 3.99. The van der Waals surface area contributed by atoms with Crippen LogP contribution in [0.3, 0.4) is 0 Å². The molecule has 1 aromatic carbocycles. The molecule has 0 aliphatic rings. The lowest BCUT2D eigenvalue weighted by Crippen LogP contribution is -2.12. The van der Waals surface area contributed by atoms with E-state index in [0.717, 1.165) is 5.69 Å². The lowest BCUT2D eigenvalue weighted by Gasteiger charge is -2.07. The number of nitrogens with zero attached hydrogens (tertiary/aromatic N) is 1. The molecule has 104 valence electrons. The standard InChI is InChI=1S/C14H16N4O2/c1-2-20-13-8-7-12(9-16-13)17-14(19)10-3-5-11(18-15)6-4-10/h3-9,18H,2,15H2,1H3,(H,17,19). The summed E-state index contributed by atoms with van der Waals surface area (Å²) < 4.78 is 5.23. The Labute approximate surface area is 116 Å². The van der Waals surface area contributed by atoms with Gasteiger partial charge in [-0.05, 0) is 37.3 Å². The van der Waals surface area contributed by atoms with Gasteiger partial charge in [0.15, 0.2) is 0 Å². The molecule has 4 N–H and O–H groups in total. The fourth-order valence-electron chi connectivity index (χ4n) is 1.61. The van der Waals surface area contributed by atoms with Gasteiger partial charge in [-0.15, -0.1) is 0 Å². The second-order valence-electron chi connectivity index (χ2n) is 3.99. The molecule has 6 heteroatoms. The zero-order chi connectivity index (χ0) is 14.4. The largest absolute Gasteiger partial charge is 0.478 e. The van der Waals surface area contributed by atoms with Crippen molar-refractivity contribution < 1.29 is 9.53 Å². The number of carbonyl (C=O) groups excluding carboxylic acids is 1. The van der Waals surface area contributed by atoms with Crippen LogP contribution in [0.4, 0.5) is 11.4 Å². The maximum atomic E-state index is 12.0. The molecular weight excluding hydrogens is 256 g/mol. The van der Waals surface area contributed by atoms with Crippen molar-refractivity contribution in [3.63, 3.8) is 0 Å². The molecule has 1 amide bonds. The molecule has 0 unspecified atom stereocenters. The lowest BCUT2D eigenvalue weighted by molar-refractivity contribution is 0.102. The van der Waals surface area contributed by atoms with Crippen LogP contribution in [0.2, 0.25) is 0 Å². The van der Waals surface area contributed by atoms with E-state index in [1.165, 1.54) is 0 Å². The molecular formula is C14H16N4O2. The van der Waals surface area contributed by atoms with E-state index in [1.54, 1.807) is 42.6 Å². The van der Waals surface area contributed by atoms with Crippen LogP contribution in [0, 0.1) is 0 Å². The highest BCUT2D eigenvalue weighted by atomic mass is 16.5. The molecule has 0 radical (unpaired) electrons. The summed E-state index contributed by atoms with van der Waals surface area (Å²) in [5.41, 5.74) is 4.40. The Morgan fingerprint density at radius 1 is 1.20 bits per heavy atom. The zero-order valence-electron chi connectivity index (χ0n) is 11.1. The van der Waals surface area contributed by atoms with Crippen LogP contribution < -0.4 is 21.3 Å². The normalized spacial score (nSPS) is 9.90. The molecule has 1 heterocycles. The van der Waals surface area contributed by atoms with E-state index >= 15 is 0 Å². The van der Waals surface area contributed by atoms with Crippen molar-refractivity contribution in [2.45, 2.75) is 6.92 Å². The van der Waals surface area contributed by atoms with E-state index in [1.807, 2.05) is 6.92 Å². The number of benzene rings is 1. The summed E-state index contributed by atoms with van der Waals surface area (Å²) in [5, 5.41) is 2.76. The van der Waals surface area contributed by atoms with Crippen molar-refractivity contribution in [2.75, 3.05) is 17.3 Å². The van der Waals surface area contributed by atoms with Gasteiger partial charge in [0.05, 0.1) is 18.5 Å². The number of nitrogens with one attached hydrogen (secondary N) is 2. The van der Waals surface area contributed by atoms with E-state index < -0.39 is 0 Å². The number of ether oxygens (including phenoxy) is 1. The lowest BCUT2D eigenvalue weighted by atomic mass is 10.2. The van der Waals surface area contributed by atoms with Crippen LogP contribution in [0.15, 0.2) is 42.6 Å². The minimum absolute atomic E-state index is 0.209. The number of carbonyl (C=O) groups is 1. The van der Waals surface area contributed by atoms with Gasteiger partial charge in [-0.25, -0.2) is 4.98 Å². The molecule has 1 aromatic heterocycles. The minimum atomic E-state index is -0.209. The number of hydrogen-bond donors (Lipinski definition) is 3. The Hall–Kier alpha value is -2.60. The van der Waals surface area contributed by atoms with Crippen molar-refractivity contribution in [3.8, 4) is 5.88 Å². The van der Waals surface area contributed by atoms with E-state index in [0.29, 0.717) is 23.7 Å². The summed E-state index contributed by atoms with van der Waals surface area (Å²) in [4.78, 5) is 16.1. The summed E-state index contributed by atoms with van der Waals surface area (Å²) in [7, 11) is 0. The highest BCUT2D eigenvalue weighted by molar-refractivity contribution is 6.04. The van der Waals surface area contributed by atoms with E-state index in [9.17, 15) is 4.79 Å². The summed E-state index contributed by atoms with van der Waals surface area (Å²) in [5.74, 6) is 5.59. The van der Waals surface area contributed by atoms with Gasteiger partial charge < -0.3 is 15.5 Å². The van der Waals surface area contributed by atoms with Crippen LogP contribution in [0.1, 0.15) is 17.3 Å². The van der Waals surface area contributed by atoms with Gasteiger partial charge in [-0.3, -0.25) is 10.6 Å². The Kier molecular flexibility index (Phi) is 4.52. The zero-order valence-corrected chi connectivity index (χ0v) is 11.1. The van der Waals surface area contributed by atoms with Crippen molar-refractivity contribution in [1.82, 2.24) is 4.98 Å². The van der Waals surface area contributed by atoms with Crippen molar-refractivity contribution >= 4 is 17.3 Å². The first-order valence-electron chi connectivity index (χ1n) is 6.20. The molecule has 0 saturated heterocycles. The van der Waals surface area contributed by atoms with E-state index in [4.69, 9.17) is 10.6 Å². The molecule has 6 nitrogen and oxygen atoms in total. The average Bonchev–Trinajstić information content (AvgIpc) is 2.49. The smallest absolute Gasteiger partial charge is 0.255 e. The fourth-order valence-corrected chi connectivity index (χ4v) is 1.61. The summed E-state index contributed by atoms with van der Waals surface area (Å²) in [6.45, 7) is 2.44. The molecule has 2 rings (SSSR count). The Morgan fingerprint density at radius 2 is 1.90 bits per heavy atom. The average molecular weight is 272 g/mol. The molecule has 2 aromatic rings. The first-order valence-corrected chi connectivity index (χ1v) is 6.20.